The van der Waals surface area contributed by atoms with Crippen molar-refractivity contribution in [2.24, 2.45) is 0 Å². The molecule has 1 fully saturated rings. The van der Waals surface area contributed by atoms with Gasteiger partial charge in [0.15, 0.2) is 16.6 Å². The van der Waals surface area contributed by atoms with Crippen LogP contribution in [0, 0.1) is 0 Å². The van der Waals surface area contributed by atoms with Crippen LogP contribution in [0.2, 0.25) is 0 Å². The first-order valence-electron chi connectivity index (χ1n) is 10.5. The van der Waals surface area contributed by atoms with Gasteiger partial charge in [-0.1, -0.05) is 0 Å². The molecule has 1 N–H and O–H groups in total. The maximum Gasteiger partial charge on any atom is 0.231 e. The smallest absolute Gasteiger partial charge is 0.231 e. The molecule has 0 aliphatic carbocycles. The van der Waals surface area contributed by atoms with E-state index in [4.69, 9.17) is 40.6 Å². The van der Waals surface area contributed by atoms with Crippen LogP contribution in [0.25, 0.3) is 0 Å². The van der Waals surface area contributed by atoms with Crippen molar-refractivity contribution in [3.05, 3.63) is 42.0 Å². The third-order valence-corrected chi connectivity index (χ3v) is 5.77. The number of hydrogen-bond donors (Lipinski definition) is 1. The van der Waals surface area contributed by atoms with Gasteiger partial charge in [0.25, 0.3) is 0 Å². The average molecular weight is 461 g/mol. The molecule has 8 nitrogen and oxygen atoms in total. The summed E-state index contributed by atoms with van der Waals surface area (Å²) >= 11 is 5.62. The summed E-state index contributed by atoms with van der Waals surface area (Å²) in [6.45, 7) is 3.38. The summed E-state index contributed by atoms with van der Waals surface area (Å²) in [6, 6.07) is 11.3. The highest BCUT2D eigenvalue weighted by atomic mass is 32.1. The molecule has 0 amide bonds. The molecule has 4 rings (SSSR count). The summed E-state index contributed by atoms with van der Waals surface area (Å²) in [5.74, 6) is 3.81. The number of ether oxygens (including phenoxy) is 6. The number of morpholine rings is 1. The minimum atomic E-state index is -0.0765. The Kier molecular flexibility index (Phi) is 7.39. The SMILES string of the molecule is COc1ccc(OC)c(CCNC(=S)N2CCOC(COc3ccc4c(c3)OCO4)C2)c1. The molecule has 9 heteroatoms. The second-order valence-electron chi connectivity index (χ2n) is 7.42. The Morgan fingerprint density at radius 2 is 1.94 bits per heavy atom. The summed E-state index contributed by atoms with van der Waals surface area (Å²) in [6.07, 6.45) is 0.689. The highest BCUT2D eigenvalue weighted by Crippen LogP contribution is 2.35. The van der Waals surface area contributed by atoms with Gasteiger partial charge in [-0.25, -0.2) is 0 Å². The van der Waals surface area contributed by atoms with Gasteiger partial charge in [0.1, 0.15) is 30.0 Å². The zero-order chi connectivity index (χ0) is 22.3. The molecule has 0 saturated carbocycles. The molecule has 2 heterocycles. The van der Waals surface area contributed by atoms with Gasteiger partial charge < -0.3 is 38.6 Å². The molecule has 1 saturated heterocycles. The predicted molar refractivity (Wildman–Crippen MR) is 123 cm³/mol. The van der Waals surface area contributed by atoms with Gasteiger partial charge in [-0.15, -0.1) is 0 Å². The van der Waals surface area contributed by atoms with Gasteiger partial charge >= 0.3 is 0 Å². The number of rotatable bonds is 8. The van der Waals surface area contributed by atoms with E-state index in [-0.39, 0.29) is 12.9 Å². The van der Waals surface area contributed by atoms with E-state index in [1.807, 2.05) is 36.4 Å². The fraction of sp³-hybridized carbons (Fsp3) is 0.435. The lowest BCUT2D eigenvalue weighted by Gasteiger charge is -2.34. The standard InChI is InChI=1S/C23H28N2O6S/c1-26-17-3-5-20(27-2)16(11-17)7-8-24-23(32)25-9-10-28-19(13-25)14-29-18-4-6-21-22(12-18)31-15-30-21/h3-6,11-12,19H,7-10,13-15H2,1-2H3,(H,24,32). The average Bonchev–Trinajstić information content (AvgIpc) is 3.30. The molecule has 1 unspecified atom stereocenters. The largest absolute Gasteiger partial charge is 0.497 e. The molecule has 32 heavy (non-hydrogen) atoms. The molecule has 0 aromatic heterocycles. The van der Waals surface area contributed by atoms with E-state index in [2.05, 4.69) is 10.2 Å². The van der Waals surface area contributed by atoms with Crippen LogP contribution in [-0.2, 0) is 11.2 Å². The fourth-order valence-electron chi connectivity index (χ4n) is 3.65. The quantitative estimate of drug-likeness (QED) is 0.599. The Labute approximate surface area is 193 Å². The molecule has 2 aliphatic heterocycles. The summed E-state index contributed by atoms with van der Waals surface area (Å²) in [5, 5.41) is 4.06. The van der Waals surface area contributed by atoms with Crippen molar-refractivity contribution in [1.29, 1.82) is 0 Å². The van der Waals surface area contributed by atoms with E-state index in [1.54, 1.807) is 14.2 Å². The monoisotopic (exact) mass is 460 g/mol. The van der Waals surface area contributed by atoms with Gasteiger partial charge in [0.2, 0.25) is 6.79 Å². The van der Waals surface area contributed by atoms with Crippen molar-refractivity contribution in [3.8, 4) is 28.7 Å². The topological polar surface area (TPSA) is 70.7 Å². The van der Waals surface area contributed by atoms with Crippen LogP contribution >= 0.6 is 12.2 Å². The molecule has 2 aliphatic rings. The first-order valence-corrected chi connectivity index (χ1v) is 10.9. The number of nitrogens with one attached hydrogen (secondary N) is 1. The third kappa shape index (κ3) is 5.46. The van der Waals surface area contributed by atoms with Crippen molar-refractivity contribution in [3.63, 3.8) is 0 Å². The zero-order valence-corrected chi connectivity index (χ0v) is 19.1. The van der Waals surface area contributed by atoms with Gasteiger partial charge in [-0.2, -0.15) is 0 Å². The van der Waals surface area contributed by atoms with E-state index in [0.29, 0.717) is 37.2 Å². The van der Waals surface area contributed by atoms with Crippen molar-refractivity contribution >= 4 is 17.3 Å². The number of fused-ring (bicyclic) bond motifs is 1. The van der Waals surface area contributed by atoms with E-state index in [0.717, 1.165) is 41.5 Å². The van der Waals surface area contributed by atoms with Crippen LogP contribution in [0.5, 0.6) is 28.7 Å². The lowest BCUT2D eigenvalue weighted by Crippen LogP contribution is -2.51. The van der Waals surface area contributed by atoms with E-state index < -0.39 is 0 Å². The molecule has 2 aromatic rings. The summed E-state index contributed by atoms with van der Waals surface area (Å²) in [4.78, 5) is 2.12. The van der Waals surface area contributed by atoms with Crippen molar-refractivity contribution in [2.75, 3.05) is 53.9 Å². The van der Waals surface area contributed by atoms with E-state index >= 15 is 0 Å². The van der Waals surface area contributed by atoms with Crippen LogP contribution < -0.4 is 29.0 Å². The van der Waals surface area contributed by atoms with Crippen LogP contribution in [0.4, 0.5) is 0 Å². The Balaban J connectivity index is 1.24. The Morgan fingerprint density at radius 3 is 2.78 bits per heavy atom. The first kappa shape index (κ1) is 22.3. The summed E-state index contributed by atoms with van der Waals surface area (Å²) in [7, 11) is 3.33. The molecule has 0 spiro atoms. The second kappa shape index (κ2) is 10.6. The maximum atomic E-state index is 5.91. The molecule has 172 valence electrons. The minimum absolute atomic E-state index is 0.0765. The normalized spacial score (nSPS) is 17.1. The lowest BCUT2D eigenvalue weighted by molar-refractivity contribution is -0.0288. The van der Waals surface area contributed by atoms with Crippen molar-refractivity contribution in [2.45, 2.75) is 12.5 Å². The first-order chi connectivity index (χ1) is 15.7. The highest BCUT2D eigenvalue weighted by molar-refractivity contribution is 7.80. The maximum absolute atomic E-state index is 5.91. The molecular weight excluding hydrogens is 432 g/mol. The molecule has 0 bridgehead atoms. The summed E-state index contributed by atoms with van der Waals surface area (Å²) in [5.41, 5.74) is 1.07. The Hall–Kier alpha value is -2.91. The third-order valence-electron chi connectivity index (χ3n) is 5.36. The molecule has 1 atom stereocenters. The van der Waals surface area contributed by atoms with Crippen LogP contribution in [-0.4, -0.2) is 70.0 Å². The van der Waals surface area contributed by atoms with Crippen LogP contribution in [0.1, 0.15) is 5.56 Å². The number of nitrogens with zero attached hydrogens (tertiary/aromatic N) is 1. The fourth-order valence-corrected chi connectivity index (χ4v) is 3.92. The van der Waals surface area contributed by atoms with Gasteiger partial charge in [-0.3, -0.25) is 0 Å². The predicted octanol–water partition coefficient (Wildman–Crippen LogP) is 2.63. The van der Waals surface area contributed by atoms with E-state index in [9.17, 15) is 0 Å². The number of benzene rings is 2. The Morgan fingerprint density at radius 1 is 1.09 bits per heavy atom. The van der Waals surface area contributed by atoms with Gasteiger partial charge in [0.05, 0.1) is 20.8 Å². The second-order valence-corrected chi connectivity index (χ2v) is 7.81. The molecule has 0 radical (unpaired) electrons. The Bertz CT molecular complexity index is 941. The highest BCUT2D eigenvalue weighted by Gasteiger charge is 2.23. The summed E-state index contributed by atoms with van der Waals surface area (Å²) < 4.78 is 33.3. The van der Waals surface area contributed by atoms with Crippen molar-refractivity contribution in [1.82, 2.24) is 10.2 Å². The van der Waals surface area contributed by atoms with Crippen LogP contribution in [0.3, 0.4) is 0 Å². The number of thiocarbonyl (C=S) groups is 1. The van der Waals surface area contributed by atoms with Gasteiger partial charge in [-0.05, 0) is 54.5 Å². The van der Waals surface area contributed by atoms with E-state index in [1.165, 1.54) is 0 Å². The number of hydrogen-bond acceptors (Lipinski definition) is 7. The lowest BCUT2D eigenvalue weighted by atomic mass is 10.1. The zero-order valence-electron chi connectivity index (χ0n) is 18.3. The molecular formula is C23H28N2O6S. The van der Waals surface area contributed by atoms with Crippen molar-refractivity contribution < 1.29 is 28.4 Å². The number of methoxy groups -OCH3 is 2. The minimum Gasteiger partial charge on any atom is -0.497 e. The molecule has 2 aromatic carbocycles. The van der Waals surface area contributed by atoms with Gasteiger partial charge in [0, 0.05) is 25.7 Å². The van der Waals surface area contributed by atoms with Crippen LogP contribution in [0.15, 0.2) is 36.4 Å².